The molecule has 2 heteroatoms. The van der Waals surface area contributed by atoms with Crippen LogP contribution in [-0.4, -0.2) is 19.1 Å². The highest BCUT2D eigenvalue weighted by Gasteiger charge is 2.11. The van der Waals surface area contributed by atoms with Gasteiger partial charge in [-0.15, -0.1) is 0 Å². The number of hydrogen-bond acceptors (Lipinski definition) is 2. The Bertz CT molecular complexity index is 279. The number of benzene rings is 1. The van der Waals surface area contributed by atoms with E-state index in [2.05, 4.69) is 41.8 Å². The van der Waals surface area contributed by atoms with Crippen LogP contribution in [0.4, 0.5) is 5.69 Å². The number of piperidine rings is 1. The van der Waals surface area contributed by atoms with Crippen LogP contribution in [0.25, 0.3) is 0 Å². The molecule has 1 fully saturated rings. The van der Waals surface area contributed by atoms with E-state index in [0.29, 0.717) is 6.04 Å². The van der Waals surface area contributed by atoms with Crippen LogP contribution in [0.2, 0.25) is 0 Å². The number of hydrogen-bond donors (Lipinski definition) is 2. The monoisotopic (exact) mass is 222 g/mol. The first kappa shape index (κ1) is 13.0. The molecule has 1 aliphatic heterocycles. The maximum Gasteiger partial charge on any atom is 0.0342 e. The van der Waals surface area contributed by atoms with E-state index in [-0.39, 0.29) is 1.43 Å². The van der Waals surface area contributed by atoms with Crippen molar-refractivity contribution >= 4 is 5.69 Å². The summed E-state index contributed by atoms with van der Waals surface area (Å²) in [6, 6.07) is 9.29. The largest absolute Gasteiger partial charge is 0.382 e. The molecule has 2 N–H and O–H groups in total. The minimum absolute atomic E-state index is 0. The van der Waals surface area contributed by atoms with Gasteiger partial charge < -0.3 is 10.6 Å². The zero-order valence-corrected chi connectivity index (χ0v) is 10.7. The van der Waals surface area contributed by atoms with Crippen molar-refractivity contribution in [2.75, 3.05) is 18.4 Å². The zero-order valence-electron chi connectivity index (χ0n) is 10.7. The fraction of sp³-hybridized carbons (Fsp3) is 0.571. The Balaban J connectivity index is 0.000000811. The smallest absolute Gasteiger partial charge is 0.0342 e. The molecular weight excluding hydrogens is 196 g/mol. The van der Waals surface area contributed by atoms with E-state index < -0.39 is 0 Å². The van der Waals surface area contributed by atoms with Crippen LogP contribution in [0.15, 0.2) is 24.3 Å². The van der Waals surface area contributed by atoms with Crippen LogP contribution in [-0.2, 0) is 0 Å². The predicted molar refractivity (Wildman–Crippen MR) is 74.2 cm³/mol. The van der Waals surface area contributed by atoms with Crippen molar-refractivity contribution in [2.24, 2.45) is 0 Å². The highest BCUT2D eigenvalue weighted by Crippen LogP contribution is 2.13. The number of rotatable bonds is 2. The van der Waals surface area contributed by atoms with E-state index in [1.807, 2.05) is 13.8 Å². The van der Waals surface area contributed by atoms with Gasteiger partial charge in [0, 0.05) is 13.2 Å². The molecule has 0 aromatic heterocycles. The van der Waals surface area contributed by atoms with Crippen LogP contribution in [0.5, 0.6) is 0 Å². The minimum Gasteiger partial charge on any atom is -0.382 e. The number of anilines is 1. The SMILES string of the molecule is CC.Cc1ccc(NC2CCNCC2)cc1.[HH]. The Kier molecular flexibility index (Phi) is 5.94. The Morgan fingerprint density at radius 3 is 2.25 bits per heavy atom. The van der Waals surface area contributed by atoms with Crippen LogP contribution in [0, 0.1) is 6.92 Å². The minimum atomic E-state index is 0. The van der Waals surface area contributed by atoms with Gasteiger partial charge in [0.2, 0.25) is 0 Å². The van der Waals surface area contributed by atoms with Gasteiger partial charge in [0.15, 0.2) is 0 Å². The summed E-state index contributed by atoms with van der Waals surface area (Å²) in [5.74, 6) is 0. The summed E-state index contributed by atoms with van der Waals surface area (Å²) in [6.07, 6.45) is 2.46. The van der Waals surface area contributed by atoms with E-state index in [1.54, 1.807) is 0 Å². The summed E-state index contributed by atoms with van der Waals surface area (Å²) in [4.78, 5) is 0. The van der Waals surface area contributed by atoms with E-state index in [4.69, 9.17) is 0 Å². The van der Waals surface area contributed by atoms with Crippen molar-refractivity contribution in [3.05, 3.63) is 29.8 Å². The summed E-state index contributed by atoms with van der Waals surface area (Å²) >= 11 is 0. The molecule has 0 amide bonds. The summed E-state index contributed by atoms with van der Waals surface area (Å²) in [5.41, 5.74) is 2.57. The van der Waals surface area contributed by atoms with Gasteiger partial charge in [-0.1, -0.05) is 31.5 Å². The molecule has 1 heterocycles. The van der Waals surface area contributed by atoms with Gasteiger partial charge >= 0.3 is 0 Å². The van der Waals surface area contributed by atoms with Crippen LogP contribution in [0.3, 0.4) is 0 Å². The second-order valence-corrected chi connectivity index (χ2v) is 4.03. The molecule has 16 heavy (non-hydrogen) atoms. The summed E-state index contributed by atoms with van der Waals surface area (Å²) < 4.78 is 0. The van der Waals surface area contributed by atoms with Crippen molar-refractivity contribution in [1.82, 2.24) is 5.32 Å². The van der Waals surface area contributed by atoms with Gasteiger partial charge in [-0.3, -0.25) is 0 Å². The molecule has 0 saturated carbocycles. The van der Waals surface area contributed by atoms with Gasteiger partial charge in [-0.2, -0.15) is 0 Å². The lowest BCUT2D eigenvalue weighted by Gasteiger charge is -2.24. The molecule has 2 nitrogen and oxygen atoms in total. The van der Waals surface area contributed by atoms with Crippen LogP contribution >= 0.6 is 0 Å². The molecule has 0 atom stereocenters. The molecule has 1 saturated heterocycles. The molecule has 92 valence electrons. The molecule has 0 spiro atoms. The highest BCUT2D eigenvalue weighted by atomic mass is 15.0. The summed E-state index contributed by atoms with van der Waals surface area (Å²) in [5, 5.41) is 6.94. The number of nitrogens with one attached hydrogen (secondary N) is 2. The lowest BCUT2D eigenvalue weighted by molar-refractivity contribution is 0.479. The molecule has 1 aromatic carbocycles. The Hall–Kier alpha value is -1.02. The molecule has 0 bridgehead atoms. The van der Waals surface area contributed by atoms with Crippen LogP contribution < -0.4 is 10.6 Å². The molecule has 0 aliphatic carbocycles. The van der Waals surface area contributed by atoms with E-state index >= 15 is 0 Å². The zero-order chi connectivity index (χ0) is 11.8. The van der Waals surface area contributed by atoms with Crippen molar-refractivity contribution in [3.8, 4) is 0 Å². The fourth-order valence-electron chi connectivity index (χ4n) is 1.85. The van der Waals surface area contributed by atoms with E-state index in [1.165, 1.54) is 24.1 Å². The first-order chi connectivity index (χ1) is 7.84. The third kappa shape index (κ3) is 4.23. The molecule has 1 aliphatic rings. The van der Waals surface area contributed by atoms with E-state index in [9.17, 15) is 0 Å². The summed E-state index contributed by atoms with van der Waals surface area (Å²) in [6.45, 7) is 8.40. The van der Waals surface area contributed by atoms with Crippen molar-refractivity contribution in [3.63, 3.8) is 0 Å². The number of aryl methyl sites for hydroxylation is 1. The van der Waals surface area contributed by atoms with Crippen molar-refractivity contribution < 1.29 is 1.43 Å². The van der Waals surface area contributed by atoms with Gasteiger partial charge in [0.05, 0.1) is 0 Å². The van der Waals surface area contributed by atoms with Gasteiger partial charge in [0.1, 0.15) is 0 Å². The summed E-state index contributed by atoms with van der Waals surface area (Å²) in [7, 11) is 0. The quantitative estimate of drug-likeness (QED) is 0.801. The first-order valence-corrected chi connectivity index (χ1v) is 6.38. The topological polar surface area (TPSA) is 24.1 Å². The average molecular weight is 222 g/mol. The second kappa shape index (κ2) is 7.29. The third-order valence-corrected chi connectivity index (χ3v) is 2.76. The average Bonchev–Trinajstić information content (AvgIpc) is 2.36. The first-order valence-electron chi connectivity index (χ1n) is 6.38. The van der Waals surface area contributed by atoms with E-state index in [0.717, 1.165) is 13.1 Å². The maximum absolute atomic E-state index is 3.57. The second-order valence-electron chi connectivity index (χ2n) is 4.03. The third-order valence-electron chi connectivity index (χ3n) is 2.76. The predicted octanol–water partition coefficient (Wildman–Crippen LogP) is 3.43. The molecule has 0 unspecified atom stereocenters. The van der Waals surface area contributed by atoms with Gasteiger partial charge in [-0.05, 0) is 45.0 Å². The molecule has 0 radical (unpaired) electrons. The van der Waals surface area contributed by atoms with Crippen molar-refractivity contribution in [2.45, 2.75) is 39.7 Å². The maximum atomic E-state index is 3.57. The molecule has 2 rings (SSSR count). The lowest BCUT2D eigenvalue weighted by Crippen LogP contribution is -2.35. The Morgan fingerprint density at radius 2 is 1.69 bits per heavy atom. The highest BCUT2D eigenvalue weighted by molar-refractivity contribution is 5.45. The van der Waals surface area contributed by atoms with Crippen molar-refractivity contribution in [1.29, 1.82) is 0 Å². The van der Waals surface area contributed by atoms with Crippen LogP contribution in [0.1, 0.15) is 33.7 Å². The Labute approximate surface area is 101 Å². The van der Waals surface area contributed by atoms with Gasteiger partial charge in [0.25, 0.3) is 0 Å². The normalized spacial score (nSPS) is 16.2. The fourth-order valence-corrected chi connectivity index (χ4v) is 1.85. The molecule has 1 aromatic rings. The lowest BCUT2D eigenvalue weighted by atomic mass is 10.1. The molecular formula is C14H26N2. The van der Waals surface area contributed by atoms with Gasteiger partial charge in [-0.25, -0.2) is 0 Å². The Morgan fingerprint density at radius 1 is 1.12 bits per heavy atom. The standard InChI is InChI=1S/C12H18N2.C2H6.H2/c1-10-2-4-11(5-3-10)14-12-6-8-13-9-7-12;1-2;/h2-5,12-14H,6-9H2,1H3;1-2H3;1H.